The van der Waals surface area contributed by atoms with Gasteiger partial charge in [0.25, 0.3) is 0 Å². The number of nitrogens with two attached hydrogens (primary N) is 2. The van der Waals surface area contributed by atoms with E-state index in [1.54, 1.807) is 0 Å². The molecule has 0 unspecified atom stereocenters. The molecule has 7 heteroatoms. The summed E-state index contributed by atoms with van der Waals surface area (Å²) in [6, 6.07) is 0. The van der Waals surface area contributed by atoms with Gasteiger partial charge in [-0.2, -0.15) is 0 Å². The fourth-order valence-electron chi connectivity index (χ4n) is 0.485. The molecule has 0 aliphatic rings. The Labute approximate surface area is 75.9 Å². The number of hydrogen-bond acceptors (Lipinski definition) is 4. The molecule has 0 heterocycles. The van der Waals surface area contributed by atoms with Crippen molar-refractivity contribution in [2.75, 3.05) is 11.5 Å². The third-order valence-corrected chi connectivity index (χ3v) is 2.88. The Morgan fingerprint density at radius 3 is 1.55 bits per heavy atom. The summed E-state index contributed by atoms with van der Waals surface area (Å²) in [7, 11) is -3.31. The van der Waals surface area contributed by atoms with E-state index in [0.717, 1.165) is 0 Å². The second-order valence-corrected chi connectivity index (χ2v) is 5.08. The molecular weight excluding hydrogens is 204 g/mol. The van der Waals surface area contributed by atoms with Gasteiger partial charge in [0.15, 0.2) is 9.84 Å². The van der Waals surface area contributed by atoms with Crippen molar-refractivity contribution in [2.45, 2.75) is 0 Å². The minimum absolute atomic E-state index is 0.0683. The van der Waals surface area contributed by atoms with Gasteiger partial charge in [0.2, 0.25) is 0 Å². The minimum atomic E-state index is -3.31. The highest BCUT2D eigenvalue weighted by Crippen LogP contribution is 1.89. The van der Waals surface area contributed by atoms with E-state index in [-0.39, 0.29) is 21.5 Å². The molecule has 0 atom stereocenters. The normalized spacial score (nSPS) is 10.9. The maximum absolute atomic E-state index is 10.9. The Hall–Kier alpha value is -0.270. The van der Waals surface area contributed by atoms with Crippen molar-refractivity contribution in [1.29, 1.82) is 0 Å². The molecule has 0 aromatic heterocycles. The lowest BCUT2D eigenvalue weighted by atomic mass is 10.8. The summed E-state index contributed by atoms with van der Waals surface area (Å²) in [6.45, 7) is 0. The van der Waals surface area contributed by atoms with Gasteiger partial charge in [-0.3, -0.25) is 0 Å². The topological polar surface area (TPSA) is 86.2 Å². The van der Waals surface area contributed by atoms with E-state index >= 15 is 0 Å². The van der Waals surface area contributed by atoms with Crippen LogP contribution in [0.25, 0.3) is 0 Å². The molecule has 0 spiro atoms. The van der Waals surface area contributed by atoms with Gasteiger partial charge in [-0.15, -0.1) is 0 Å². The summed E-state index contributed by atoms with van der Waals surface area (Å²) in [5, 5.41) is 0. The van der Waals surface area contributed by atoms with Gasteiger partial charge >= 0.3 is 0 Å². The lowest BCUT2D eigenvalue weighted by molar-refractivity contribution is 0.603. The van der Waals surface area contributed by atoms with Crippen LogP contribution in [0, 0.1) is 0 Å². The molecule has 11 heavy (non-hydrogen) atoms. The van der Waals surface area contributed by atoms with Gasteiger partial charge in [-0.05, 0) is 0 Å². The molecule has 0 fully saturated rings. The number of hydrogen-bond donors (Lipinski definition) is 2. The van der Waals surface area contributed by atoms with E-state index in [4.69, 9.17) is 11.5 Å². The maximum atomic E-state index is 10.9. The summed E-state index contributed by atoms with van der Waals surface area (Å²) < 4.78 is 21.8. The molecule has 64 valence electrons. The summed E-state index contributed by atoms with van der Waals surface area (Å²) >= 11 is 8.82. The molecule has 0 saturated heterocycles. The van der Waals surface area contributed by atoms with Crippen LogP contribution in [0.15, 0.2) is 0 Å². The fourth-order valence-corrected chi connectivity index (χ4v) is 2.53. The first-order valence-corrected chi connectivity index (χ1v) is 5.24. The minimum Gasteiger partial charge on any atom is -0.392 e. The first-order valence-electron chi connectivity index (χ1n) is 2.60. The molecule has 0 amide bonds. The zero-order chi connectivity index (χ0) is 9.07. The van der Waals surface area contributed by atoms with Crippen molar-refractivity contribution < 1.29 is 8.42 Å². The van der Waals surface area contributed by atoms with E-state index in [2.05, 4.69) is 24.4 Å². The lowest BCUT2D eigenvalue weighted by Gasteiger charge is -1.99. The second-order valence-electron chi connectivity index (χ2n) is 1.96. The van der Waals surface area contributed by atoms with Gasteiger partial charge in [0, 0.05) is 0 Å². The van der Waals surface area contributed by atoms with Crippen LogP contribution in [0.4, 0.5) is 0 Å². The summed E-state index contributed by atoms with van der Waals surface area (Å²) in [5.41, 5.74) is 10.0. The van der Waals surface area contributed by atoms with Crippen molar-refractivity contribution >= 4 is 44.3 Å². The average molecular weight is 212 g/mol. The SMILES string of the molecule is NC(=S)CS(=O)(=O)CC(N)=S. The van der Waals surface area contributed by atoms with Crippen LogP contribution in [0.3, 0.4) is 0 Å². The predicted molar refractivity (Wildman–Crippen MR) is 52.2 cm³/mol. The summed E-state index contributed by atoms with van der Waals surface area (Å²) in [6.07, 6.45) is 0. The number of sulfone groups is 1. The molecule has 4 nitrogen and oxygen atoms in total. The molecule has 0 rings (SSSR count). The Morgan fingerprint density at radius 1 is 1.09 bits per heavy atom. The van der Waals surface area contributed by atoms with Crippen molar-refractivity contribution in [1.82, 2.24) is 0 Å². The number of rotatable bonds is 4. The highest BCUT2D eigenvalue weighted by Gasteiger charge is 2.12. The molecule has 0 aliphatic heterocycles. The highest BCUT2D eigenvalue weighted by atomic mass is 32.2. The van der Waals surface area contributed by atoms with E-state index in [9.17, 15) is 8.42 Å². The van der Waals surface area contributed by atoms with E-state index in [1.807, 2.05) is 0 Å². The first-order chi connectivity index (χ1) is 4.83. The first kappa shape index (κ1) is 10.7. The summed E-state index contributed by atoms with van der Waals surface area (Å²) in [5.74, 6) is -0.667. The largest absolute Gasteiger partial charge is 0.392 e. The molecule has 0 bridgehead atoms. The molecule has 0 saturated carbocycles. The van der Waals surface area contributed by atoms with Crippen LogP contribution >= 0.6 is 24.4 Å². The van der Waals surface area contributed by atoms with Gasteiger partial charge < -0.3 is 11.5 Å². The van der Waals surface area contributed by atoms with Gasteiger partial charge in [0.05, 0.1) is 9.98 Å². The fraction of sp³-hybridized carbons (Fsp3) is 0.500. The third-order valence-electron chi connectivity index (χ3n) is 0.724. The Bertz CT molecular complexity index is 247. The maximum Gasteiger partial charge on any atom is 0.163 e. The molecular formula is C4H8N2O2S3. The van der Waals surface area contributed by atoms with Crippen LogP contribution < -0.4 is 11.5 Å². The Balaban J connectivity index is 4.25. The van der Waals surface area contributed by atoms with Crippen molar-refractivity contribution in [3.05, 3.63) is 0 Å². The van der Waals surface area contributed by atoms with Crippen molar-refractivity contribution in [3.63, 3.8) is 0 Å². The molecule has 0 aromatic rings. The molecule has 0 aromatic carbocycles. The van der Waals surface area contributed by atoms with Crippen LogP contribution in [0.2, 0.25) is 0 Å². The lowest BCUT2D eigenvalue weighted by Crippen LogP contribution is -2.28. The third kappa shape index (κ3) is 6.14. The predicted octanol–water partition coefficient (Wildman–Crippen LogP) is -1.03. The van der Waals surface area contributed by atoms with Crippen LogP contribution in [-0.4, -0.2) is 29.9 Å². The van der Waals surface area contributed by atoms with Gasteiger partial charge in [0.1, 0.15) is 11.5 Å². The second kappa shape index (κ2) is 3.93. The van der Waals surface area contributed by atoms with Crippen LogP contribution in [-0.2, 0) is 9.84 Å². The van der Waals surface area contributed by atoms with Crippen molar-refractivity contribution in [2.24, 2.45) is 11.5 Å². The summed E-state index contributed by atoms with van der Waals surface area (Å²) in [4.78, 5) is -0.137. The van der Waals surface area contributed by atoms with E-state index in [0.29, 0.717) is 0 Å². The monoisotopic (exact) mass is 212 g/mol. The van der Waals surface area contributed by atoms with E-state index < -0.39 is 9.84 Å². The zero-order valence-electron chi connectivity index (χ0n) is 5.61. The van der Waals surface area contributed by atoms with Crippen LogP contribution in [0.1, 0.15) is 0 Å². The zero-order valence-corrected chi connectivity index (χ0v) is 8.06. The van der Waals surface area contributed by atoms with Gasteiger partial charge in [-0.25, -0.2) is 8.42 Å². The molecule has 0 aliphatic carbocycles. The average Bonchev–Trinajstić information content (AvgIpc) is 1.53. The molecule has 4 N–H and O–H groups in total. The Morgan fingerprint density at radius 2 is 1.36 bits per heavy atom. The van der Waals surface area contributed by atoms with Crippen LogP contribution in [0.5, 0.6) is 0 Å². The highest BCUT2D eigenvalue weighted by molar-refractivity contribution is 7.95. The van der Waals surface area contributed by atoms with E-state index in [1.165, 1.54) is 0 Å². The number of thiocarbonyl (C=S) groups is 2. The standard InChI is InChI=1S/C4H8N2O2S3/c5-3(9)1-11(7,8)2-4(6)10/h1-2H2,(H2,5,9)(H2,6,10). The quantitative estimate of drug-likeness (QED) is 0.580. The smallest absolute Gasteiger partial charge is 0.163 e. The Kier molecular flexibility index (Phi) is 3.84. The van der Waals surface area contributed by atoms with Gasteiger partial charge in [-0.1, -0.05) is 24.4 Å². The molecule has 0 radical (unpaired) electrons. The van der Waals surface area contributed by atoms with Crippen molar-refractivity contribution in [3.8, 4) is 0 Å².